The Kier molecular flexibility index (Phi) is 9.24. The summed E-state index contributed by atoms with van der Waals surface area (Å²) in [6.07, 6.45) is 3.43. The molecule has 4 nitrogen and oxygen atoms in total. The summed E-state index contributed by atoms with van der Waals surface area (Å²) < 4.78 is 0. The van der Waals surface area contributed by atoms with E-state index in [1.807, 2.05) is 12.1 Å². The molecule has 1 aromatic carbocycles. The van der Waals surface area contributed by atoms with E-state index in [0.717, 1.165) is 31.1 Å². The lowest BCUT2D eigenvalue weighted by atomic mass is 9.85. The van der Waals surface area contributed by atoms with Crippen molar-refractivity contribution in [3.05, 3.63) is 34.9 Å². The predicted octanol–water partition coefficient (Wildman–Crippen LogP) is 3.66. The van der Waals surface area contributed by atoms with Crippen molar-refractivity contribution < 1.29 is 0 Å². The van der Waals surface area contributed by atoms with Gasteiger partial charge in [0.25, 0.3) is 0 Å². The Bertz CT molecular complexity index is 509. The standard InChI is InChI=1S/C17H27ClN4.HI/c1-3-9-20-17(19)21-12-14-7-5-10-22(2)16(14)13-6-4-8-15(18)11-13;/h4,6,8,11,14,16H,3,5,7,9-10,12H2,1-2H3,(H3,19,20,21);1H. The van der Waals surface area contributed by atoms with Gasteiger partial charge < -0.3 is 11.1 Å². The fourth-order valence-electron chi connectivity index (χ4n) is 3.19. The van der Waals surface area contributed by atoms with Crippen molar-refractivity contribution in [2.45, 2.75) is 32.2 Å². The highest BCUT2D eigenvalue weighted by atomic mass is 127. The highest BCUT2D eigenvalue weighted by Crippen LogP contribution is 2.36. The summed E-state index contributed by atoms with van der Waals surface area (Å²) in [6, 6.07) is 8.54. The van der Waals surface area contributed by atoms with Crippen molar-refractivity contribution in [2.75, 3.05) is 26.7 Å². The number of halogens is 2. The minimum Gasteiger partial charge on any atom is -0.370 e. The van der Waals surface area contributed by atoms with Crippen molar-refractivity contribution in [1.29, 1.82) is 0 Å². The van der Waals surface area contributed by atoms with E-state index in [0.29, 0.717) is 17.9 Å². The molecular formula is C17H28ClIN4. The number of hydrogen-bond donors (Lipinski definition) is 2. The van der Waals surface area contributed by atoms with E-state index in [1.165, 1.54) is 18.4 Å². The van der Waals surface area contributed by atoms with Crippen LogP contribution < -0.4 is 11.1 Å². The maximum atomic E-state index is 6.17. The van der Waals surface area contributed by atoms with Gasteiger partial charge >= 0.3 is 0 Å². The number of piperidine rings is 1. The molecule has 0 aliphatic carbocycles. The second-order valence-electron chi connectivity index (χ2n) is 6.04. The van der Waals surface area contributed by atoms with E-state index in [-0.39, 0.29) is 24.0 Å². The van der Waals surface area contributed by atoms with E-state index >= 15 is 0 Å². The van der Waals surface area contributed by atoms with Crippen molar-refractivity contribution in [2.24, 2.45) is 16.6 Å². The second-order valence-corrected chi connectivity index (χ2v) is 6.47. The molecule has 1 aliphatic heterocycles. The molecular weight excluding hydrogens is 423 g/mol. The number of nitrogens with two attached hydrogens (primary N) is 1. The molecule has 2 unspecified atom stereocenters. The number of nitrogens with one attached hydrogen (secondary N) is 1. The monoisotopic (exact) mass is 450 g/mol. The van der Waals surface area contributed by atoms with Gasteiger partial charge in [-0.3, -0.25) is 9.89 Å². The minimum absolute atomic E-state index is 0. The number of nitrogens with zero attached hydrogens (tertiary/aromatic N) is 2. The van der Waals surface area contributed by atoms with Gasteiger partial charge in [0.2, 0.25) is 0 Å². The van der Waals surface area contributed by atoms with Gasteiger partial charge in [0.15, 0.2) is 5.96 Å². The average molecular weight is 451 g/mol. The first-order valence-corrected chi connectivity index (χ1v) is 8.49. The maximum Gasteiger partial charge on any atom is 0.188 e. The second kappa shape index (κ2) is 10.4. The molecule has 6 heteroatoms. The first-order chi connectivity index (χ1) is 10.6. The van der Waals surface area contributed by atoms with Crippen molar-refractivity contribution >= 4 is 41.5 Å². The van der Waals surface area contributed by atoms with Gasteiger partial charge in [0, 0.05) is 24.2 Å². The maximum absolute atomic E-state index is 6.17. The van der Waals surface area contributed by atoms with Crippen LogP contribution in [0.25, 0.3) is 0 Å². The zero-order chi connectivity index (χ0) is 15.9. The van der Waals surface area contributed by atoms with Crippen LogP contribution in [-0.2, 0) is 0 Å². The van der Waals surface area contributed by atoms with E-state index < -0.39 is 0 Å². The van der Waals surface area contributed by atoms with E-state index in [4.69, 9.17) is 17.3 Å². The lowest BCUT2D eigenvalue weighted by Gasteiger charge is -2.39. The fraction of sp³-hybridized carbons (Fsp3) is 0.588. The smallest absolute Gasteiger partial charge is 0.188 e. The summed E-state index contributed by atoms with van der Waals surface area (Å²) in [5.41, 5.74) is 7.20. The van der Waals surface area contributed by atoms with Crippen LogP contribution in [0.5, 0.6) is 0 Å². The highest BCUT2D eigenvalue weighted by molar-refractivity contribution is 14.0. The van der Waals surface area contributed by atoms with Crippen LogP contribution in [0.1, 0.15) is 37.8 Å². The summed E-state index contributed by atoms with van der Waals surface area (Å²) >= 11 is 6.17. The van der Waals surface area contributed by atoms with E-state index in [1.54, 1.807) is 0 Å². The molecule has 3 N–H and O–H groups in total. The molecule has 2 atom stereocenters. The molecule has 1 aliphatic rings. The third-order valence-electron chi connectivity index (χ3n) is 4.25. The van der Waals surface area contributed by atoms with Crippen molar-refractivity contribution in [3.8, 4) is 0 Å². The Hall–Kier alpha value is -0.530. The number of hydrogen-bond acceptors (Lipinski definition) is 2. The normalized spacial score (nSPS) is 22.5. The van der Waals surface area contributed by atoms with Crippen LogP contribution in [0, 0.1) is 5.92 Å². The van der Waals surface area contributed by atoms with Gasteiger partial charge in [-0.05, 0) is 56.5 Å². The zero-order valence-corrected chi connectivity index (χ0v) is 17.1. The van der Waals surface area contributed by atoms with Gasteiger partial charge in [0.1, 0.15) is 0 Å². The van der Waals surface area contributed by atoms with Crippen LogP contribution >= 0.6 is 35.6 Å². The Labute approximate surface area is 161 Å². The summed E-state index contributed by atoms with van der Waals surface area (Å²) in [5, 5.41) is 3.93. The van der Waals surface area contributed by atoms with Crippen LogP contribution in [-0.4, -0.2) is 37.5 Å². The average Bonchev–Trinajstić information content (AvgIpc) is 2.50. The number of aliphatic imine (C=N–C) groups is 1. The van der Waals surface area contributed by atoms with Gasteiger partial charge in [-0.1, -0.05) is 30.7 Å². The molecule has 0 amide bonds. The highest BCUT2D eigenvalue weighted by Gasteiger charge is 2.30. The molecule has 0 saturated carbocycles. The first-order valence-electron chi connectivity index (χ1n) is 8.11. The molecule has 0 spiro atoms. The summed E-state index contributed by atoms with van der Waals surface area (Å²) in [5.74, 6) is 1.03. The predicted molar refractivity (Wildman–Crippen MR) is 110 cm³/mol. The van der Waals surface area contributed by atoms with Crippen LogP contribution in [0.2, 0.25) is 5.02 Å². The van der Waals surface area contributed by atoms with E-state index in [2.05, 4.69) is 41.3 Å². The third kappa shape index (κ3) is 6.12. The van der Waals surface area contributed by atoms with Crippen LogP contribution in [0.15, 0.2) is 29.3 Å². The molecule has 23 heavy (non-hydrogen) atoms. The number of guanidine groups is 1. The Morgan fingerprint density at radius 3 is 2.96 bits per heavy atom. The van der Waals surface area contributed by atoms with Crippen LogP contribution in [0.4, 0.5) is 0 Å². The van der Waals surface area contributed by atoms with Crippen LogP contribution in [0.3, 0.4) is 0 Å². The molecule has 130 valence electrons. The molecule has 0 radical (unpaired) electrons. The summed E-state index contributed by atoms with van der Waals surface area (Å²) in [7, 11) is 2.18. The van der Waals surface area contributed by atoms with Gasteiger partial charge in [-0.25, -0.2) is 0 Å². The topological polar surface area (TPSA) is 53.6 Å². The lowest BCUT2D eigenvalue weighted by molar-refractivity contribution is 0.125. The Morgan fingerprint density at radius 1 is 1.48 bits per heavy atom. The van der Waals surface area contributed by atoms with Gasteiger partial charge in [-0.2, -0.15) is 0 Å². The molecule has 1 heterocycles. The number of likely N-dealkylation sites (tertiary alicyclic amines) is 1. The molecule has 0 bridgehead atoms. The fourth-order valence-corrected chi connectivity index (χ4v) is 3.39. The molecule has 1 fully saturated rings. The number of benzene rings is 1. The van der Waals surface area contributed by atoms with Gasteiger partial charge in [-0.15, -0.1) is 24.0 Å². The SMILES string of the molecule is CCCNC(N)=NCC1CCCN(C)C1c1cccc(Cl)c1.I. The first kappa shape index (κ1) is 20.5. The summed E-state index contributed by atoms with van der Waals surface area (Å²) in [4.78, 5) is 6.95. The van der Waals surface area contributed by atoms with E-state index in [9.17, 15) is 0 Å². The summed E-state index contributed by atoms with van der Waals surface area (Å²) in [6.45, 7) is 4.86. The molecule has 2 rings (SSSR count). The molecule has 1 aromatic rings. The Morgan fingerprint density at radius 2 is 2.26 bits per heavy atom. The molecule has 1 saturated heterocycles. The third-order valence-corrected chi connectivity index (χ3v) is 4.48. The largest absolute Gasteiger partial charge is 0.370 e. The quantitative estimate of drug-likeness (QED) is 0.409. The minimum atomic E-state index is 0. The van der Waals surface area contributed by atoms with Crippen molar-refractivity contribution in [3.63, 3.8) is 0 Å². The Balaban J connectivity index is 0.00000264. The number of rotatable bonds is 5. The van der Waals surface area contributed by atoms with Crippen molar-refractivity contribution in [1.82, 2.24) is 10.2 Å². The van der Waals surface area contributed by atoms with Gasteiger partial charge in [0.05, 0.1) is 0 Å². The molecule has 0 aromatic heterocycles. The lowest BCUT2D eigenvalue weighted by Crippen LogP contribution is -2.38. The zero-order valence-electron chi connectivity index (χ0n) is 14.0.